The van der Waals surface area contributed by atoms with Gasteiger partial charge in [0.25, 0.3) is 15.6 Å². The summed E-state index contributed by atoms with van der Waals surface area (Å²) in [5.41, 5.74) is -0.756. The molecule has 1 heterocycles. The number of amides is 1. The van der Waals surface area contributed by atoms with Crippen molar-refractivity contribution >= 4 is 27.3 Å². The molecule has 0 aliphatic carbocycles. The van der Waals surface area contributed by atoms with Crippen molar-refractivity contribution in [2.45, 2.75) is 18.7 Å². The molecule has 2 aromatic rings. The number of benzene rings is 1. The number of nitrogens with one attached hydrogen (secondary N) is 2. The van der Waals surface area contributed by atoms with Crippen LogP contribution in [0.15, 0.2) is 38.8 Å². The molecule has 0 bridgehead atoms. The van der Waals surface area contributed by atoms with Gasteiger partial charge in [-0.05, 0) is 31.2 Å². The average molecular weight is 366 g/mol. The van der Waals surface area contributed by atoms with E-state index in [0.29, 0.717) is 5.69 Å². The number of sulfonamides is 1. The fraction of sp³-hybridized carbons (Fsp3) is 0.267. The second kappa shape index (κ2) is 6.55. The molecule has 25 heavy (non-hydrogen) atoms. The van der Waals surface area contributed by atoms with Crippen LogP contribution in [0.25, 0.3) is 0 Å². The lowest BCUT2D eigenvalue weighted by atomic mass is 10.3. The topological polar surface area (TPSA) is 119 Å². The zero-order valence-electron chi connectivity index (χ0n) is 14.2. The molecule has 0 aliphatic rings. The van der Waals surface area contributed by atoms with Crippen molar-refractivity contribution in [3.8, 4) is 0 Å². The lowest BCUT2D eigenvalue weighted by Gasteiger charge is -2.14. The van der Waals surface area contributed by atoms with Gasteiger partial charge in [0.05, 0.1) is 0 Å². The monoisotopic (exact) mass is 366 g/mol. The molecule has 2 rings (SSSR count). The van der Waals surface area contributed by atoms with Gasteiger partial charge in [0.15, 0.2) is 4.90 Å². The van der Waals surface area contributed by atoms with Crippen molar-refractivity contribution in [2.24, 2.45) is 14.1 Å². The van der Waals surface area contributed by atoms with Crippen LogP contribution < -0.4 is 21.3 Å². The normalized spacial score (nSPS) is 11.2. The van der Waals surface area contributed by atoms with E-state index in [1.54, 1.807) is 0 Å². The van der Waals surface area contributed by atoms with E-state index in [-0.39, 0.29) is 17.3 Å². The van der Waals surface area contributed by atoms with Gasteiger partial charge in [-0.15, -0.1) is 0 Å². The maximum atomic E-state index is 12.6. The average Bonchev–Trinajstić information content (AvgIpc) is 2.52. The molecule has 1 aromatic heterocycles. The Hall–Kier alpha value is -2.88. The standard InChI is InChI=1S/C15H18N4O5S/c1-9-13(14(21)19(4)15(22)18(9)3)25(23,24)17-12-7-5-11(6-8-12)16-10(2)20/h5-8,17H,1-4H3,(H,16,20). The molecule has 10 heteroatoms. The Kier molecular flexibility index (Phi) is 4.84. The predicted octanol–water partition coefficient (Wildman–Crippen LogP) is 0.152. The summed E-state index contributed by atoms with van der Waals surface area (Å²) in [7, 11) is -1.60. The highest BCUT2D eigenvalue weighted by Crippen LogP contribution is 2.18. The summed E-state index contributed by atoms with van der Waals surface area (Å²) in [5, 5.41) is 2.56. The molecule has 0 unspecified atom stereocenters. The summed E-state index contributed by atoms with van der Waals surface area (Å²) in [6.07, 6.45) is 0. The molecule has 1 aromatic carbocycles. The van der Waals surface area contributed by atoms with Crippen molar-refractivity contribution < 1.29 is 13.2 Å². The van der Waals surface area contributed by atoms with E-state index in [0.717, 1.165) is 9.13 Å². The molecule has 0 radical (unpaired) electrons. The molecule has 0 aliphatic heterocycles. The Morgan fingerprint density at radius 1 is 1.00 bits per heavy atom. The highest BCUT2D eigenvalue weighted by atomic mass is 32.2. The Labute approximate surface area is 144 Å². The Balaban J connectivity index is 2.46. The van der Waals surface area contributed by atoms with Gasteiger partial charge in [0.2, 0.25) is 5.91 Å². The zero-order valence-corrected chi connectivity index (χ0v) is 15.0. The second-order valence-electron chi connectivity index (χ2n) is 5.48. The Bertz CT molecular complexity index is 1050. The van der Waals surface area contributed by atoms with Crippen LogP contribution in [0.4, 0.5) is 11.4 Å². The second-order valence-corrected chi connectivity index (χ2v) is 7.10. The van der Waals surface area contributed by atoms with E-state index in [4.69, 9.17) is 0 Å². The van der Waals surface area contributed by atoms with Crippen LogP contribution in [0.2, 0.25) is 0 Å². The molecule has 9 nitrogen and oxygen atoms in total. The smallest absolute Gasteiger partial charge is 0.326 e. The fourth-order valence-electron chi connectivity index (χ4n) is 2.26. The van der Waals surface area contributed by atoms with E-state index in [1.165, 1.54) is 52.2 Å². The lowest BCUT2D eigenvalue weighted by molar-refractivity contribution is -0.114. The molecule has 134 valence electrons. The van der Waals surface area contributed by atoms with Crippen molar-refractivity contribution in [1.29, 1.82) is 0 Å². The maximum Gasteiger partial charge on any atom is 0.330 e. The van der Waals surface area contributed by atoms with Crippen LogP contribution in [0, 0.1) is 6.92 Å². The molecule has 1 amide bonds. The molecule has 0 fully saturated rings. The summed E-state index contributed by atoms with van der Waals surface area (Å²) < 4.78 is 29.4. The van der Waals surface area contributed by atoms with Gasteiger partial charge in [-0.3, -0.25) is 23.4 Å². The van der Waals surface area contributed by atoms with Gasteiger partial charge in [0.1, 0.15) is 0 Å². The van der Waals surface area contributed by atoms with Crippen LogP contribution in [0.5, 0.6) is 0 Å². The number of rotatable bonds is 4. The number of hydrogen-bond donors (Lipinski definition) is 2. The molecule has 0 saturated carbocycles. The van der Waals surface area contributed by atoms with Crippen molar-refractivity contribution in [3.63, 3.8) is 0 Å². The van der Waals surface area contributed by atoms with E-state index in [1.807, 2.05) is 0 Å². The highest BCUT2D eigenvalue weighted by Gasteiger charge is 2.25. The Morgan fingerprint density at radius 2 is 1.52 bits per heavy atom. The molecular weight excluding hydrogens is 348 g/mol. The van der Waals surface area contributed by atoms with E-state index >= 15 is 0 Å². The number of nitrogens with zero attached hydrogens (tertiary/aromatic N) is 2. The third-order valence-corrected chi connectivity index (χ3v) is 5.14. The summed E-state index contributed by atoms with van der Waals surface area (Å²) in [6, 6.07) is 5.94. The van der Waals surface area contributed by atoms with E-state index in [2.05, 4.69) is 10.0 Å². The van der Waals surface area contributed by atoms with Gasteiger partial charge < -0.3 is 5.32 Å². The van der Waals surface area contributed by atoms with Gasteiger partial charge in [-0.1, -0.05) is 0 Å². The van der Waals surface area contributed by atoms with Crippen molar-refractivity contribution in [3.05, 3.63) is 50.8 Å². The first-order valence-corrected chi connectivity index (χ1v) is 8.70. The predicted molar refractivity (Wildman–Crippen MR) is 93.2 cm³/mol. The van der Waals surface area contributed by atoms with Crippen LogP contribution in [-0.2, 0) is 28.9 Å². The number of aromatic nitrogens is 2. The number of carbonyl (C=O) groups excluding carboxylic acids is 1. The molecule has 0 saturated heterocycles. The van der Waals surface area contributed by atoms with Crippen molar-refractivity contribution in [2.75, 3.05) is 10.0 Å². The quantitative estimate of drug-likeness (QED) is 0.798. The van der Waals surface area contributed by atoms with E-state index in [9.17, 15) is 22.8 Å². The minimum atomic E-state index is -4.20. The first kappa shape index (κ1) is 18.5. The molecule has 0 atom stereocenters. The van der Waals surface area contributed by atoms with Gasteiger partial charge in [-0.25, -0.2) is 13.2 Å². The van der Waals surface area contributed by atoms with Crippen molar-refractivity contribution in [1.82, 2.24) is 9.13 Å². The largest absolute Gasteiger partial charge is 0.330 e. The van der Waals surface area contributed by atoms with Crippen LogP contribution in [-0.4, -0.2) is 23.5 Å². The number of anilines is 2. The van der Waals surface area contributed by atoms with Gasteiger partial charge in [0, 0.05) is 38.1 Å². The number of hydrogen-bond acceptors (Lipinski definition) is 5. The zero-order chi connectivity index (χ0) is 18.9. The lowest BCUT2D eigenvalue weighted by Crippen LogP contribution is -2.42. The molecule has 0 spiro atoms. The minimum absolute atomic E-state index is 0.0375. The van der Waals surface area contributed by atoms with Crippen LogP contribution >= 0.6 is 0 Å². The van der Waals surface area contributed by atoms with E-state index < -0.39 is 26.2 Å². The van der Waals surface area contributed by atoms with Crippen LogP contribution in [0.1, 0.15) is 12.6 Å². The first-order valence-electron chi connectivity index (χ1n) is 7.21. The molecule has 2 N–H and O–H groups in total. The first-order chi connectivity index (χ1) is 11.5. The summed E-state index contributed by atoms with van der Waals surface area (Å²) in [5.74, 6) is -0.252. The van der Waals surface area contributed by atoms with Gasteiger partial charge >= 0.3 is 5.69 Å². The SMILES string of the molecule is CC(=O)Nc1ccc(NS(=O)(=O)c2c(C)n(C)c(=O)n(C)c2=O)cc1. The summed E-state index contributed by atoms with van der Waals surface area (Å²) in [4.78, 5) is 34.6. The third kappa shape index (κ3) is 3.63. The Morgan fingerprint density at radius 3 is 2.04 bits per heavy atom. The third-order valence-electron chi connectivity index (χ3n) is 3.63. The number of carbonyl (C=O) groups is 1. The van der Waals surface area contributed by atoms with Gasteiger partial charge in [-0.2, -0.15) is 0 Å². The highest BCUT2D eigenvalue weighted by molar-refractivity contribution is 7.92. The minimum Gasteiger partial charge on any atom is -0.326 e. The van der Waals surface area contributed by atoms with Crippen LogP contribution in [0.3, 0.4) is 0 Å². The maximum absolute atomic E-state index is 12.6. The summed E-state index contributed by atoms with van der Waals surface area (Å²) >= 11 is 0. The summed E-state index contributed by atoms with van der Waals surface area (Å²) in [6.45, 7) is 2.74. The molecular formula is C15H18N4O5S. The fourth-order valence-corrected chi connectivity index (χ4v) is 3.70.